The van der Waals surface area contributed by atoms with Crippen LogP contribution in [-0.4, -0.2) is 40.4 Å². The molecule has 0 aromatic carbocycles. The third-order valence-corrected chi connectivity index (χ3v) is 3.22. The lowest BCUT2D eigenvalue weighted by Crippen LogP contribution is -2.41. The fourth-order valence-electron chi connectivity index (χ4n) is 0.492. The highest BCUT2D eigenvalue weighted by molar-refractivity contribution is 8.15. The fraction of sp³-hybridized carbons (Fsp3) is 0.571. The summed E-state index contributed by atoms with van der Waals surface area (Å²) in [4.78, 5) is 11.4. The lowest BCUT2D eigenvalue weighted by atomic mass is 11.0. The molecule has 14 heavy (non-hydrogen) atoms. The van der Waals surface area contributed by atoms with E-state index in [-0.39, 0.29) is 12.2 Å². The van der Waals surface area contributed by atoms with E-state index in [2.05, 4.69) is 0 Å². The summed E-state index contributed by atoms with van der Waals surface area (Å²) in [6, 6.07) is 0. The second-order valence-electron chi connectivity index (χ2n) is 3.47. The minimum absolute atomic E-state index is 0.0444. The van der Waals surface area contributed by atoms with Crippen molar-refractivity contribution in [3.63, 3.8) is 0 Å². The molecule has 80 valence electrons. The van der Waals surface area contributed by atoms with Crippen LogP contribution in [0.15, 0.2) is 0 Å². The number of rotatable bonds is 2. The van der Waals surface area contributed by atoms with Crippen LogP contribution in [0.1, 0.15) is 0 Å². The highest BCUT2D eigenvalue weighted by Crippen LogP contribution is 2.05. The third-order valence-electron chi connectivity index (χ3n) is 1.16. The van der Waals surface area contributed by atoms with E-state index in [4.69, 9.17) is 10.5 Å². The van der Waals surface area contributed by atoms with Gasteiger partial charge >= 0.3 is 0 Å². The minimum Gasteiger partial charge on any atom is -0.343 e. The molecule has 0 atom stereocenters. The zero-order valence-corrected chi connectivity index (χ0v) is 10.4. The topological polar surface area (TPSA) is 64.7 Å². The zero-order chi connectivity index (χ0) is 11.4. The van der Waals surface area contributed by atoms with Gasteiger partial charge in [-0.25, -0.2) is 0 Å². The molecule has 0 spiro atoms. The van der Waals surface area contributed by atoms with Crippen LogP contribution in [0.4, 0.5) is 4.79 Å². The predicted octanol–water partition coefficient (Wildman–Crippen LogP) is -0.319. The molecular formula is C7H14N4OS2. The summed E-state index contributed by atoms with van der Waals surface area (Å²) < 4.78 is -0.225. The summed E-state index contributed by atoms with van der Waals surface area (Å²) >= 11 is 0.770. The van der Waals surface area contributed by atoms with Crippen molar-refractivity contribution >= 4 is 28.3 Å². The van der Waals surface area contributed by atoms with Gasteiger partial charge in [0.15, 0.2) is 0 Å². The van der Waals surface area contributed by atoms with E-state index in [0.717, 1.165) is 0 Å². The van der Waals surface area contributed by atoms with E-state index in [1.54, 1.807) is 28.2 Å². The maximum absolute atomic E-state index is 11.4. The van der Waals surface area contributed by atoms with Crippen molar-refractivity contribution in [3.8, 4) is 12.4 Å². The van der Waals surface area contributed by atoms with Gasteiger partial charge in [-0.2, -0.15) is 0 Å². The Morgan fingerprint density at radius 1 is 1.00 bits per heavy atom. The quantitative estimate of drug-likeness (QED) is 0.285. The summed E-state index contributed by atoms with van der Waals surface area (Å²) in [7, 11) is 6.56. The fourth-order valence-corrected chi connectivity index (χ4v) is 2.94. The molecule has 0 aliphatic carbocycles. The van der Waals surface area contributed by atoms with Crippen LogP contribution < -0.4 is 0 Å². The number of hydrogen-bond acceptors (Lipinski definition) is 5. The second-order valence-corrected chi connectivity index (χ2v) is 7.04. The first-order chi connectivity index (χ1) is 6.22. The maximum Gasteiger partial charge on any atom is 0.291 e. The van der Waals surface area contributed by atoms with E-state index in [0.29, 0.717) is 23.9 Å². The van der Waals surface area contributed by atoms with Gasteiger partial charge in [-0.1, -0.05) is 0 Å². The van der Waals surface area contributed by atoms with Crippen LogP contribution in [0.2, 0.25) is 0 Å². The number of hydrogen-bond donors (Lipinski definition) is 0. The number of thiol groups is 2. The molecule has 0 rings (SSSR count). The summed E-state index contributed by atoms with van der Waals surface area (Å²) in [6.07, 6.45) is 3.97. The average molecular weight is 234 g/mol. The smallest absolute Gasteiger partial charge is 0.291 e. The molecule has 0 aliphatic rings. The Hall–Kier alpha value is -0.730. The number of quaternary nitrogens is 2. The Bertz CT molecular complexity index is 283. The van der Waals surface area contributed by atoms with Crippen LogP contribution in [0, 0.1) is 22.9 Å². The summed E-state index contributed by atoms with van der Waals surface area (Å²) in [5.74, 6) is 0. The third kappa shape index (κ3) is 5.10. The van der Waals surface area contributed by atoms with Gasteiger partial charge in [0.2, 0.25) is 0 Å². The van der Waals surface area contributed by atoms with Crippen molar-refractivity contribution in [2.75, 3.05) is 28.2 Å². The predicted molar refractivity (Wildman–Crippen MR) is 58.4 cm³/mol. The highest BCUT2D eigenvalue weighted by Gasteiger charge is 2.09. The van der Waals surface area contributed by atoms with Crippen molar-refractivity contribution in [2.24, 2.45) is 0 Å². The van der Waals surface area contributed by atoms with E-state index in [1.165, 1.54) is 0 Å². The Morgan fingerprint density at radius 2 is 1.29 bits per heavy atom. The van der Waals surface area contributed by atoms with Gasteiger partial charge in [-0.05, 0) is 0 Å². The lowest BCUT2D eigenvalue weighted by molar-refractivity contribution is -0.678. The molecule has 0 amide bonds. The van der Waals surface area contributed by atoms with Gasteiger partial charge < -0.3 is 12.6 Å². The maximum atomic E-state index is 11.4. The Labute approximate surface area is 92.3 Å². The standard InChI is InChI=1S/C7H14N4OS2/c1-10(2,5-8)13-7(12)14-11(3,4)6-9/h13-14H,1-4H3. The van der Waals surface area contributed by atoms with E-state index in [1.807, 2.05) is 12.4 Å². The van der Waals surface area contributed by atoms with Gasteiger partial charge in [-0.3, -0.25) is 23.9 Å². The number of carbonyl (C=O) groups is 1. The largest absolute Gasteiger partial charge is 0.343 e. The zero-order valence-electron chi connectivity index (χ0n) is 8.59. The molecular weight excluding hydrogens is 220 g/mol. The van der Waals surface area contributed by atoms with Crippen LogP contribution in [0.3, 0.4) is 0 Å². The molecule has 0 unspecified atom stereocenters. The Balaban J connectivity index is 4.30. The molecule has 0 bridgehead atoms. The number of nitriles is 2. The van der Waals surface area contributed by atoms with Gasteiger partial charge in [0.1, 0.15) is 0 Å². The SMILES string of the molecule is C[N+](C)(C#N)[SH-]C(=O)[SH-][N+](C)(C)C#N. The van der Waals surface area contributed by atoms with Gasteiger partial charge in [0.05, 0.1) is 28.2 Å². The molecule has 7 heteroatoms. The van der Waals surface area contributed by atoms with Crippen molar-refractivity contribution in [1.82, 2.24) is 0 Å². The molecule has 0 heterocycles. The molecule has 0 aromatic heterocycles. The molecule has 0 saturated heterocycles. The molecule has 0 aliphatic heterocycles. The molecule has 0 fully saturated rings. The molecule has 0 N–H and O–H groups in total. The van der Waals surface area contributed by atoms with Crippen molar-refractivity contribution in [2.45, 2.75) is 0 Å². The number of nitrogens with zero attached hydrogens (tertiary/aromatic N) is 4. The van der Waals surface area contributed by atoms with E-state index < -0.39 is 0 Å². The van der Waals surface area contributed by atoms with Crippen LogP contribution >= 0.6 is 0 Å². The first-order valence-corrected chi connectivity index (χ1v) is 5.43. The van der Waals surface area contributed by atoms with Crippen LogP contribution in [-0.2, 0) is 23.9 Å². The normalized spacial score (nSPS) is 12.1. The Kier molecular flexibility index (Phi) is 4.43. The second kappa shape index (κ2) is 4.67. The average Bonchev–Trinajstić information content (AvgIpc) is 2.02. The molecule has 0 saturated carbocycles. The minimum atomic E-state index is -0.136. The number of carbonyl (C=O) groups excluding carboxylic acids is 1. The highest BCUT2D eigenvalue weighted by atomic mass is 32.2. The molecule has 0 aromatic rings. The monoisotopic (exact) mass is 234 g/mol. The van der Waals surface area contributed by atoms with Crippen molar-refractivity contribution < 1.29 is 12.6 Å². The van der Waals surface area contributed by atoms with Crippen molar-refractivity contribution in [1.29, 1.82) is 10.5 Å². The van der Waals surface area contributed by atoms with Gasteiger partial charge in [-0.15, -0.1) is 10.5 Å². The summed E-state index contributed by atoms with van der Waals surface area (Å²) in [5.41, 5.74) is 0. The first-order valence-electron chi connectivity index (χ1n) is 3.73. The summed E-state index contributed by atoms with van der Waals surface area (Å²) in [6.45, 7) is 0. The van der Waals surface area contributed by atoms with Crippen LogP contribution in [0.5, 0.6) is 0 Å². The summed E-state index contributed by atoms with van der Waals surface area (Å²) in [5, 5.41) is 17.4. The molecule has 5 nitrogen and oxygen atoms in total. The molecule has 0 radical (unpaired) electrons. The Morgan fingerprint density at radius 3 is 1.50 bits per heavy atom. The van der Waals surface area contributed by atoms with Crippen LogP contribution in [0.25, 0.3) is 0 Å². The van der Waals surface area contributed by atoms with Gasteiger partial charge in [0.25, 0.3) is 12.4 Å². The first kappa shape index (κ1) is 13.3. The van der Waals surface area contributed by atoms with Crippen molar-refractivity contribution in [3.05, 3.63) is 0 Å². The van der Waals surface area contributed by atoms with Gasteiger partial charge in [0, 0.05) is 4.45 Å². The lowest BCUT2D eigenvalue weighted by Gasteiger charge is -2.38. The van der Waals surface area contributed by atoms with E-state index >= 15 is 0 Å². The van der Waals surface area contributed by atoms with E-state index in [9.17, 15) is 4.79 Å².